The molecule has 1 aliphatic heterocycles. The predicted octanol–water partition coefficient (Wildman–Crippen LogP) is 1.90. The Morgan fingerprint density at radius 3 is 2.91 bits per heavy atom. The van der Waals surface area contributed by atoms with Gasteiger partial charge in [-0.2, -0.15) is 0 Å². The minimum absolute atomic E-state index is 0.126. The van der Waals surface area contributed by atoms with Crippen LogP contribution in [-0.2, 0) is 6.42 Å². The molecule has 3 heterocycles. The second-order valence-electron chi connectivity index (χ2n) is 5.46. The lowest BCUT2D eigenvalue weighted by atomic mass is 10.2. The van der Waals surface area contributed by atoms with Crippen molar-refractivity contribution >= 4 is 11.8 Å². The average molecular weight is 324 g/mol. The van der Waals surface area contributed by atoms with Gasteiger partial charge in [-0.05, 0) is 6.42 Å². The summed E-state index contributed by atoms with van der Waals surface area (Å²) in [6, 6.07) is 0.0659. The summed E-state index contributed by atoms with van der Waals surface area (Å²) < 4.78 is 33.3. The van der Waals surface area contributed by atoms with E-state index in [9.17, 15) is 8.78 Å². The van der Waals surface area contributed by atoms with Gasteiger partial charge in [-0.1, -0.05) is 12.0 Å². The van der Waals surface area contributed by atoms with Crippen molar-refractivity contribution in [2.45, 2.75) is 38.9 Å². The Morgan fingerprint density at radius 1 is 1.39 bits per heavy atom. The quantitative estimate of drug-likeness (QED) is 0.899. The van der Waals surface area contributed by atoms with Crippen molar-refractivity contribution in [3.63, 3.8) is 0 Å². The van der Waals surface area contributed by atoms with E-state index in [4.69, 9.17) is 4.42 Å². The molecule has 0 unspecified atom stereocenters. The summed E-state index contributed by atoms with van der Waals surface area (Å²) in [5.41, 5.74) is 0.349. The van der Waals surface area contributed by atoms with E-state index < -0.39 is 12.0 Å². The molecule has 0 radical (unpaired) electrons. The summed E-state index contributed by atoms with van der Waals surface area (Å²) in [7, 11) is 0. The van der Waals surface area contributed by atoms with Crippen molar-refractivity contribution in [3.8, 4) is 0 Å². The van der Waals surface area contributed by atoms with E-state index in [-0.39, 0.29) is 24.4 Å². The summed E-state index contributed by atoms with van der Waals surface area (Å²) in [6.07, 6.45) is 1.11. The van der Waals surface area contributed by atoms with Gasteiger partial charge in [-0.25, -0.2) is 18.7 Å². The molecular weight excluding hydrogens is 306 g/mol. The molecule has 0 amide bonds. The largest absolute Gasteiger partial charge is 0.408 e. The van der Waals surface area contributed by atoms with Gasteiger partial charge >= 0.3 is 6.01 Å². The highest BCUT2D eigenvalue weighted by molar-refractivity contribution is 5.39. The predicted molar refractivity (Wildman–Crippen MR) is 79.5 cm³/mol. The van der Waals surface area contributed by atoms with Gasteiger partial charge in [-0.15, -0.1) is 5.10 Å². The normalized spacial score (nSPS) is 21.0. The highest BCUT2D eigenvalue weighted by Gasteiger charge is 2.35. The summed E-state index contributed by atoms with van der Waals surface area (Å²) in [4.78, 5) is 9.50. The van der Waals surface area contributed by atoms with Crippen LogP contribution in [0.4, 0.5) is 20.6 Å². The van der Waals surface area contributed by atoms with E-state index in [0.29, 0.717) is 31.0 Å². The molecule has 1 aliphatic rings. The minimum Gasteiger partial charge on any atom is -0.408 e. The Bertz CT molecular complexity index is 679. The number of aryl methyl sites for hydroxylation is 2. The first-order valence-corrected chi connectivity index (χ1v) is 7.52. The molecule has 9 heteroatoms. The minimum atomic E-state index is -0.990. The fourth-order valence-corrected chi connectivity index (χ4v) is 2.68. The van der Waals surface area contributed by atoms with Crippen LogP contribution in [0.15, 0.2) is 10.7 Å². The Labute approximate surface area is 132 Å². The van der Waals surface area contributed by atoms with E-state index in [2.05, 4.69) is 25.5 Å². The van der Waals surface area contributed by atoms with E-state index in [0.717, 1.165) is 0 Å². The molecule has 23 heavy (non-hydrogen) atoms. The summed E-state index contributed by atoms with van der Waals surface area (Å²) in [5, 5.41) is 10.6. The first-order valence-electron chi connectivity index (χ1n) is 7.52. The second-order valence-corrected chi connectivity index (χ2v) is 5.46. The van der Waals surface area contributed by atoms with Crippen LogP contribution in [0.5, 0.6) is 0 Å². The number of anilines is 2. The molecule has 124 valence electrons. The third-order valence-electron chi connectivity index (χ3n) is 3.83. The first-order chi connectivity index (χ1) is 11.1. The van der Waals surface area contributed by atoms with E-state index >= 15 is 0 Å². The Kier molecular flexibility index (Phi) is 4.35. The van der Waals surface area contributed by atoms with Crippen molar-refractivity contribution in [2.75, 3.05) is 23.3 Å². The summed E-state index contributed by atoms with van der Waals surface area (Å²) >= 11 is 0. The Morgan fingerprint density at radius 2 is 2.22 bits per heavy atom. The number of hydrogen-bond donors (Lipinski definition) is 1. The van der Waals surface area contributed by atoms with Crippen molar-refractivity contribution in [1.29, 1.82) is 0 Å². The number of halogens is 2. The first kappa shape index (κ1) is 15.6. The van der Waals surface area contributed by atoms with Crippen LogP contribution in [0.1, 0.15) is 24.9 Å². The molecule has 3 rings (SSSR count). The van der Waals surface area contributed by atoms with Crippen LogP contribution < -0.4 is 10.2 Å². The van der Waals surface area contributed by atoms with Gasteiger partial charge in [0.25, 0.3) is 0 Å². The number of hydrogen-bond acceptors (Lipinski definition) is 7. The van der Waals surface area contributed by atoms with Crippen molar-refractivity contribution in [1.82, 2.24) is 20.2 Å². The summed E-state index contributed by atoms with van der Waals surface area (Å²) in [6.45, 7) is 3.99. The third kappa shape index (κ3) is 3.22. The van der Waals surface area contributed by atoms with Crippen molar-refractivity contribution in [2.24, 2.45) is 0 Å². The van der Waals surface area contributed by atoms with Gasteiger partial charge in [0, 0.05) is 19.9 Å². The Balaban J connectivity index is 1.71. The molecule has 1 saturated heterocycles. The standard InChI is InChI=1S/C14H18F2N6O/c1-3-11-12(16)13(19-7-18-11)17-5-10-4-9(15)6-22(10)14-21-20-8(2)23-14/h7,9-10H,3-6H2,1-2H3,(H,17,18,19)/t9-,10-/m0/s1. The highest BCUT2D eigenvalue weighted by atomic mass is 19.1. The van der Waals surface area contributed by atoms with Gasteiger partial charge in [0.05, 0.1) is 18.3 Å². The SMILES string of the molecule is CCc1ncnc(NC[C@@H]2C[C@H](F)CN2c2nnc(C)o2)c1F. The Hall–Kier alpha value is -2.32. The maximum absolute atomic E-state index is 14.1. The maximum atomic E-state index is 14.1. The highest BCUT2D eigenvalue weighted by Crippen LogP contribution is 2.26. The van der Waals surface area contributed by atoms with Gasteiger partial charge in [0.2, 0.25) is 5.89 Å². The van der Waals surface area contributed by atoms with Gasteiger partial charge in [0.1, 0.15) is 12.5 Å². The molecule has 1 N–H and O–H groups in total. The smallest absolute Gasteiger partial charge is 0.318 e. The fourth-order valence-electron chi connectivity index (χ4n) is 2.68. The molecule has 0 saturated carbocycles. The zero-order valence-corrected chi connectivity index (χ0v) is 13.0. The van der Waals surface area contributed by atoms with Crippen molar-refractivity contribution < 1.29 is 13.2 Å². The maximum Gasteiger partial charge on any atom is 0.318 e. The third-order valence-corrected chi connectivity index (χ3v) is 3.83. The molecular formula is C14H18F2N6O. The van der Waals surface area contributed by atoms with Crippen LogP contribution in [-0.4, -0.2) is 45.5 Å². The van der Waals surface area contributed by atoms with E-state index in [1.807, 2.05) is 6.92 Å². The van der Waals surface area contributed by atoms with Crippen LogP contribution in [0, 0.1) is 12.7 Å². The molecule has 0 bridgehead atoms. The zero-order valence-electron chi connectivity index (χ0n) is 13.0. The lowest BCUT2D eigenvalue weighted by Crippen LogP contribution is -2.35. The molecule has 1 fully saturated rings. The molecule has 2 aromatic heterocycles. The second kappa shape index (κ2) is 6.43. The number of nitrogens with zero attached hydrogens (tertiary/aromatic N) is 5. The average Bonchev–Trinajstić information content (AvgIpc) is 3.12. The number of alkyl halides is 1. The molecule has 2 aromatic rings. The zero-order chi connectivity index (χ0) is 16.4. The monoisotopic (exact) mass is 324 g/mol. The van der Waals surface area contributed by atoms with Crippen LogP contribution in [0.3, 0.4) is 0 Å². The van der Waals surface area contributed by atoms with Crippen LogP contribution >= 0.6 is 0 Å². The van der Waals surface area contributed by atoms with Crippen molar-refractivity contribution in [3.05, 3.63) is 23.7 Å². The fraction of sp³-hybridized carbons (Fsp3) is 0.571. The molecule has 0 aliphatic carbocycles. The molecule has 2 atom stereocenters. The summed E-state index contributed by atoms with van der Waals surface area (Å²) in [5.74, 6) is 0.0780. The molecule has 0 spiro atoms. The van der Waals surface area contributed by atoms with Gasteiger partial charge < -0.3 is 14.6 Å². The molecule has 0 aromatic carbocycles. The lowest BCUT2D eigenvalue weighted by molar-refractivity contribution is 0.356. The van der Waals surface area contributed by atoms with Gasteiger partial charge in [0.15, 0.2) is 11.6 Å². The topological polar surface area (TPSA) is 80.0 Å². The lowest BCUT2D eigenvalue weighted by Gasteiger charge is -2.22. The molecule has 7 nitrogen and oxygen atoms in total. The number of rotatable bonds is 5. The van der Waals surface area contributed by atoms with Crippen LogP contribution in [0.25, 0.3) is 0 Å². The van der Waals surface area contributed by atoms with E-state index in [1.54, 1.807) is 11.8 Å². The number of nitrogens with one attached hydrogen (secondary N) is 1. The van der Waals surface area contributed by atoms with E-state index in [1.165, 1.54) is 6.33 Å². The van der Waals surface area contributed by atoms with Crippen LogP contribution in [0.2, 0.25) is 0 Å². The van der Waals surface area contributed by atoms with Gasteiger partial charge in [-0.3, -0.25) is 0 Å². The number of aromatic nitrogens is 4.